The molecule has 0 saturated carbocycles. The van der Waals surface area contributed by atoms with Gasteiger partial charge < -0.3 is 15.8 Å². The van der Waals surface area contributed by atoms with Gasteiger partial charge in [0.2, 0.25) is 0 Å². The van der Waals surface area contributed by atoms with E-state index in [4.69, 9.17) is 10.5 Å². The zero-order valence-electron chi connectivity index (χ0n) is 9.98. The number of aryl methyl sites for hydroxylation is 1. The summed E-state index contributed by atoms with van der Waals surface area (Å²) in [4.78, 5) is 11.9. The van der Waals surface area contributed by atoms with Gasteiger partial charge in [-0.2, -0.15) is 0 Å². The molecule has 0 radical (unpaired) electrons. The van der Waals surface area contributed by atoms with Crippen molar-refractivity contribution >= 4 is 5.91 Å². The van der Waals surface area contributed by atoms with Crippen LogP contribution < -0.4 is 11.1 Å². The number of hydrogen-bond acceptors (Lipinski definition) is 3. The molecule has 2 atom stereocenters. The lowest BCUT2D eigenvalue weighted by molar-refractivity contribution is -0.131. The van der Waals surface area contributed by atoms with Crippen molar-refractivity contribution in [3.63, 3.8) is 0 Å². The Morgan fingerprint density at radius 1 is 1.59 bits per heavy atom. The molecular weight excluding hydrogens is 216 g/mol. The highest BCUT2D eigenvalue weighted by molar-refractivity contribution is 5.81. The summed E-state index contributed by atoms with van der Waals surface area (Å²) in [6, 6.07) is 8.30. The maximum Gasteiger partial charge on any atom is 0.250 e. The molecule has 1 aromatic rings. The van der Waals surface area contributed by atoms with Crippen LogP contribution in [0.4, 0.5) is 0 Å². The zero-order valence-corrected chi connectivity index (χ0v) is 9.98. The number of carbonyl (C=O) groups excluding carboxylic acids is 1. The van der Waals surface area contributed by atoms with Crippen molar-refractivity contribution in [3.8, 4) is 0 Å². The van der Waals surface area contributed by atoms with Crippen molar-refractivity contribution < 1.29 is 9.53 Å². The van der Waals surface area contributed by atoms with Gasteiger partial charge >= 0.3 is 0 Å². The summed E-state index contributed by atoms with van der Waals surface area (Å²) in [7, 11) is 1.50. The van der Waals surface area contributed by atoms with Crippen LogP contribution in [0.5, 0.6) is 0 Å². The normalized spacial score (nSPS) is 19.8. The third kappa shape index (κ3) is 2.48. The number of benzene rings is 1. The average Bonchev–Trinajstić information content (AvgIpc) is 2.74. The Morgan fingerprint density at radius 3 is 3.06 bits per heavy atom. The summed E-state index contributed by atoms with van der Waals surface area (Å²) >= 11 is 0. The third-order valence-corrected chi connectivity index (χ3v) is 3.24. The number of amides is 1. The van der Waals surface area contributed by atoms with E-state index < -0.39 is 6.10 Å². The van der Waals surface area contributed by atoms with E-state index in [1.807, 2.05) is 12.1 Å². The van der Waals surface area contributed by atoms with Gasteiger partial charge in [0.15, 0.2) is 0 Å². The Labute approximate surface area is 101 Å². The summed E-state index contributed by atoms with van der Waals surface area (Å²) in [6.45, 7) is 0.205. The molecule has 4 nitrogen and oxygen atoms in total. The van der Waals surface area contributed by atoms with E-state index >= 15 is 0 Å². The highest BCUT2D eigenvalue weighted by Crippen LogP contribution is 2.30. The Kier molecular flexibility index (Phi) is 3.76. The lowest BCUT2D eigenvalue weighted by Gasteiger charge is -2.18. The second-order valence-electron chi connectivity index (χ2n) is 4.26. The molecule has 0 heterocycles. The van der Waals surface area contributed by atoms with E-state index in [0.29, 0.717) is 0 Å². The van der Waals surface area contributed by atoms with E-state index in [9.17, 15) is 4.79 Å². The van der Waals surface area contributed by atoms with Gasteiger partial charge in [-0.3, -0.25) is 4.79 Å². The van der Waals surface area contributed by atoms with Crippen molar-refractivity contribution in [2.45, 2.75) is 25.0 Å². The van der Waals surface area contributed by atoms with Crippen LogP contribution in [0.25, 0.3) is 0 Å². The predicted octanol–water partition coefficient (Wildman–Crippen LogP) is 0.764. The average molecular weight is 234 g/mol. The lowest BCUT2D eigenvalue weighted by Crippen LogP contribution is -2.41. The smallest absolute Gasteiger partial charge is 0.250 e. The largest absolute Gasteiger partial charge is 0.370 e. The van der Waals surface area contributed by atoms with Crippen LogP contribution >= 0.6 is 0 Å². The third-order valence-electron chi connectivity index (χ3n) is 3.24. The molecule has 0 fully saturated rings. The molecule has 4 heteroatoms. The molecular formula is C13H18N2O2. The van der Waals surface area contributed by atoms with Gasteiger partial charge in [-0.05, 0) is 24.0 Å². The Balaban J connectivity index is 2.04. The van der Waals surface area contributed by atoms with Crippen molar-refractivity contribution in [2.24, 2.45) is 5.73 Å². The molecule has 1 amide bonds. The standard InChI is InChI=1S/C13H18N2O2/c1-17-12(8-14)13(16)15-11-7-6-9-4-2-3-5-10(9)11/h2-5,11-12H,6-8,14H2,1H3,(H,15,16). The number of fused-ring (bicyclic) bond motifs is 1. The fraction of sp³-hybridized carbons (Fsp3) is 0.462. The first-order valence-corrected chi connectivity index (χ1v) is 5.87. The summed E-state index contributed by atoms with van der Waals surface area (Å²) in [5.74, 6) is -0.128. The molecule has 0 saturated heterocycles. The number of ether oxygens (including phenoxy) is 1. The summed E-state index contributed by atoms with van der Waals surface area (Å²) in [5.41, 5.74) is 8.00. The summed E-state index contributed by atoms with van der Waals surface area (Å²) in [6.07, 6.45) is 1.41. The molecule has 92 valence electrons. The fourth-order valence-electron chi connectivity index (χ4n) is 2.28. The van der Waals surface area contributed by atoms with E-state index in [0.717, 1.165) is 12.8 Å². The maximum absolute atomic E-state index is 11.9. The first kappa shape index (κ1) is 12.1. The fourth-order valence-corrected chi connectivity index (χ4v) is 2.28. The number of carbonyl (C=O) groups is 1. The molecule has 0 spiro atoms. The minimum absolute atomic E-state index is 0.0999. The van der Waals surface area contributed by atoms with Gasteiger partial charge in [-0.15, -0.1) is 0 Å². The molecule has 2 rings (SSSR count). The number of methoxy groups -OCH3 is 1. The minimum atomic E-state index is -0.553. The SMILES string of the molecule is COC(CN)C(=O)NC1CCc2ccccc21. The van der Waals surface area contributed by atoms with E-state index in [1.165, 1.54) is 18.2 Å². The van der Waals surface area contributed by atoms with Crippen LogP contribution in [0, 0.1) is 0 Å². The minimum Gasteiger partial charge on any atom is -0.370 e. The van der Waals surface area contributed by atoms with Gasteiger partial charge in [0.25, 0.3) is 5.91 Å². The molecule has 3 N–H and O–H groups in total. The Hall–Kier alpha value is -1.39. The zero-order chi connectivity index (χ0) is 12.3. The summed E-state index contributed by atoms with van der Waals surface area (Å²) in [5, 5.41) is 2.99. The van der Waals surface area contributed by atoms with Gasteiger partial charge in [0.1, 0.15) is 6.10 Å². The van der Waals surface area contributed by atoms with Crippen LogP contribution in [0.1, 0.15) is 23.6 Å². The molecule has 1 aliphatic carbocycles. The number of rotatable bonds is 4. The second-order valence-corrected chi connectivity index (χ2v) is 4.26. The van der Waals surface area contributed by atoms with Crippen LogP contribution in [-0.4, -0.2) is 25.7 Å². The van der Waals surface area contributed by atoms with Crippen LogP contribution in [0.3, 0.4) is 0 Å². The number of nitrogens with one attached hydrogen (secondary N) is 1. The van der Waals surface area contributed by atoms with Crippen molar-refractivity contribution in [3.05, 3.63) is 35.4 Å². The van der Waals surface area contributed by atoms with Gasteiger partial charge in [0.05, 0.1) is 6.04 Å². The van der Waals surface area contributed by atoms with Gasteiger partial charge in [-0.1, -0.05) is 24.3 Å². The highest BCUT2D eigenvalue weighted by atomic mass is 16.5. The van der Waals surface area contributed by atoms with Crippen LogP contribution in [-0.2, 0) is 16.0 Å². The van der Waals surface area contributed by atoms with Crippen LogP contribution in [0.2, 0.25) is 0 Å². The van der Waals surface area contributed by atoms with Crippen molar-refractivity contribution in [1.29, 1.82) is 0 Å². The molecule has 17 heavy (non-hydrogen) atoms. The molecule has 1 aromatic carbocycles. The van der Waals surface area contributed by atoms with E-state index in [-0.39, 0.29) is 18.5 Å². The predicted molar refractivity (Wildman–Crippen MR) is 65.5 cm³/mol. The molecule has 0 bridgehead atoms. The highest BCUT2D eigenvalue weighted by Gasteiger charge is 2.26. The van der Waals surface area contributed by atoms with Gasteiger partial charge in [0, 0.05) is 13.7 Å². The van der Waals surface area contributed by atoms with Gasteiger partial charge in [-0.25, -0.2) is 0 Å². The van der Waals surface area contributed by atoms with E-state index in [2.05, 4.69) is 17.4 Å². The first-order valence-electron chi connectivity index (χ1n) is 5.87. The Morgan fingerprint density at radius 2 is 2.35 bits per heavy atom. The van der Waals surface area contributed by atoms with Crippen molar-refractivity contribution in [2.75, 3.05) is 13.7 Å². The summed E-state index contributed by atoms with van der Waals surface area (Å²) < 4.78 is 5.02. The quantitative estimate of drug-likeness (QED) is 0.808. The molecule has 1 aliphatic rings. The number of hydrogen-bond donors (Lipinski definition) is 2. The molecule has 0 aliphatic heterocycles. The first-order chi connectivity index (χ1) is 8.26. The maximum atomic E-state index is 11.9. The second kappa shape index (κ2) is 5.29. The van der Waals surface area contributed by atoms with E-state index in [1.54, 1.807) is 0 Å². The number of nitrogens with two attached hydrogens (primary N) is 1. The van der Waals surface area contributed by atoms with Crippen LogP contribution in [0.15, 0.2) is 24.3 Å². The lowest BCUT2D eigenvalue weighted by atomic mass is 10.1. The Bertz CT molecular complexity index is 402. The monoisotopic (exact) mass is 234 g/mol. The van der Waals surface area contributed by atoms with Crippen molar-refractivity contribution in [1.82, 2.24) is 5.32 Å². The molecule has 2 unspecified atom stereocenters. The molecule has 0 aromatic heterocycles. The topological polar surface area (TPSA) is 64.3 Å².